The summed E-state index contributed by atoms with van der Waals surface area (Å²) in [5, 5.41) is 11.3. The zero-order valence-corrected chi connectivity index (χ0v) is 20.9. The van der Waals surface area contributed by atoms with E-state index in [1.165, 1.54) is 17.5 Å². The highest BCUT2D eigenvalue weighted by molar-refractivity contribution is 6.30. The van der Waals surface area contributed by atoms with Crippen molar-refractivity contribution in [3.05, 3.63) is 107 Å². The summed E-state index contributed by atoms with van der Waals surface area (Å²) < 4.78 is 0. The van der Waals surface area contributed by atoms with E-state index in [0.29, 0.717) is 12.0 Å². The number of rotatable bonds is 11. The van der Waals surface area contributed by atoms with Crippen LogP contribution in [-0.4, -0.2) is 10.9 Å². The van der Waals surface area contributed by atoms with Gasteiger partial charge in [0.15, 0.2) is 0 Å². The third-order valence-electron chi connectivity index (χ3n) is 7.68. The molecule has 0 saturated heterocycles. The number of benzene rings is 3. The van der Waals surface area contributed by atoms with Crippen LogP contribution in [0.15, 0.2) is 84.9 Å². The lowest BCUT2D eigenvalue weighted by Gasteiger charge is -2.42. The molecule has 0 amide bonds. The van der Waals surface area contributed by atoms with Gasteiger partial charge in [-0.15, -0.1) is 0 Å². The first-order chi connectivity index (χ1) is 16.6. The van der Waals surface area contributed by atoms with Crippen LogP contribution in [0.5, 0.6) is 0 Å². The SMILES string of the molecule is CCC(CCC(C#N)(c1ccc(Cl)cc1)C1CCC1)N(Cc1ccccc1)Cc1ccccc1. The van der Waals surface area contributed by atoms with Crippen molar-refractivity contribution in [2.24, 2.45) is 5.92 Å². The summed E-state index contributed by atoms with van der Waals surface area (Å²) >= 11 is 6.19. The molecule has 1 aliphatic carbocycles. The smallest absolute Gasteiger partial charge is 0.0851 e. The first-order valence-electron chi connectivity index (χ1n) is 12.6. The molecule has 34 heavy (non-hydrogen) atoms. The standard InChI is InChI=1S/C31H35ClN2/c1-2-30(34(22-25-10-5-3-6-11-25)23-26-12-7-4-8-13-26)20-21-31(24-33,27-14-9-15-27)28-16-18-29(32)19-17-28/h3-8,10-13,16-19,27,30H,2,9,14-15,20-23H2,1H3. The second kappa shape index (κ2) is 11.7. The third-order valence-corrected chi connectivity index (χ3v) is 7.93. The Kier molecular flexibility index (Phi) is 8.44. The lowest BCUT2D eigenvalue weighted by Crippen LogP contribution is -2.41. The highest BCUT2D eigenvalue weighted by atomic mass is 35.5. The van der Waals surface area contributed by atoms with E-state index in [9.17, 15) is 5.26 Å². The monoisotopic (exact) mass is 470 g/mol. The highest BCUT2D eigenvalue weighted by Crippen LogP contribution is 2.47. The van der Waals surface area contributed by atoms with Crippen LogP contribution in [0.1, 0.15) is 62.1 Å². The van der Waals surface area contributed by atoms with E-state index in [1.54, 1.807) is 0 Å². The summed E-state index contributed by atoms with van der Waals surface area (Å²) in [6.45, 7) is 4.11. The maximum absolute atomic E-state index is 10.5. The maximum atomic E-state index is 10.5. The molecule has 0 N–H and O–H groups in total. The van der Waals surface area contributed by atoms with Gasteiger partial charge >= 0.3 is 0 Å². The maximum Gasteiger partial charge on any atom is 0.0851 e. The van der Waals surface area contributed by atoms with Crippen molar-refractivity contribution >= 4 is 11.6 Å². The molecule has 2 atom stereocenters. The van der Waals surface area contributed by atoms with Crippen LogP contribution in [-0.2, 0) is 18.5 Å². The van der Waals surface area contributed by atoms with Gasteiger partial charge in [0.2, 0.25) is 0 Å². The molecule has 176 valence electrons. The van der Waals surface area contributed by atoms with E-state index in [-0.39, 0.29) is 0 Å². The van der Waals surface area contributed by atoms with Gasteiger partial charge in [-0.05, 0) is 66.8 Å². The molecular weight excluding hydrogens is 436 g/mol. The average molecular weight is 471 g/mol. The molecule has 1 aliphatic rings. The molecule has 1 saturated carbocycles. The van der Waals surface area contributed by atoms with Gasteiger partial charge < -0.3 is 0 Å². The van der Waals surface area contributed by atoms with Crippen molar-refractivity contribution in [3.63, 3.8) is 0 Å². The fourth-order valence-corrected chi connectivity index (χ4v) is 5.56. The van der Waals surface area contributed by atoms with Gasteiger partial charge in [0, 0.05) is 24.2 Å². The Balaban J connectivity index is 1.58. The molecule has 2 unspecified atom stereocenters. The summed E-state index contributed by atoms with van der Waals surface area (Å²) in [7, 11) is 0. The van der Waals surface area contributed by atoms with Crippen molar-refractivity contribution in [1.82, 2.24) is 4.90 Å². The summed E-state index contributed by atoms with van der Waals surface area (Å²) in [5.41, 5.74) is 3.37. The molecule has 3 aromatic rings. The summed E-state index contributed by atoms with van der Waals surface area (Å²) in [6, 6.07) is 32.7. The topological polar surface area (TPSA) is 27.0 Å². The minimum Gasteiger partial charge on any atom is -0.292 e. The molecule has 3 heteroatoms. The lowest BCUT2D eigenvalue weighted by molar-refractivity contribution is 0.136. The Morgan fingerprint density at radius 3 is 1.91 bits per heavy atom. The predicted octanol–water partition coefficient (Wildman–Crippen LogP) is 8.16. The van der Waals surface area contributed by atoms with Gasteiger partial charge in [-0.1, -0.05) is 97.7 Å². The molecule has 0 aliphatic heterocycles. The van der Waals surface area contributed by atoms with E-state index < -0.39 is 5.41 Å². The molecule has 0 heterocycles. The van der Waals surface area contributed by atoms with Gasteiger partial charge in [-0.2, -0.15) is 5.26 Å². The van der Waals surface area contributed by atoms with E-state index in [0.717, 1.165) is 55.8 Å². The van der Waals surface area contributed by atoms with Crippen LogP contribution in [0.2, 0.25) is 5.02 Å². The Morgan fingerprint density at radius 1 is 0.912 bits per heavy atom. The molecule has 0 radical (unpaired) electrons. The Labute approximate surface area is 210 Å². The second-order valence-corrected chi connectivity index (χ2v) is 10.1. The molecule has 0 aromatic heterocycles. The number of halogens is 1. The van der Waals surface area contributed by atoms with Crippen molar-refractivity contribution in [1.29, 1.82) is 5.26 Å². The summed E-state index contributed by atoms with van der Waals surface area (Å²) in [4.78, 5) is 2.61. The molecule has 3 aromatic carbocycles. The Bertz CT molecular complexity index is 1010. The number of nitrogens with zero attached hydrogens (tertiary/aromatic N) is 2. The highest BCUT2D eigenvalue weighted by Gasteiger charge is 2.44. The minimum atomic E-state index is -0.429. The molecule has 1 fully saturated rings. The van der Waals surface area contributed by atoms with Gasteiger partial charge in [-0.3, -0.25) is 4.90 Å². The minimum absolute atomic E-state index is 0.403. The summed E-state index contributed by atoms with van der Waals surface area (Å²) in [5.74, 6) is 0.438. The van der Waals surface area contributed by atoms with E-state index in [2.05, 4.69) is 90.7 Å². The lowest BCUT2D eigenvalue weighted by atomic mass is 9.60. The van der Waals surface area contributed by atoms with Crippen LogP contribution < -0.4 is 0 Å². The number of hydrogen-bond acceptors (Lipinski definition) is 2. The first kappa shape index (κ1) is 24.5. The molecule has 0 bridgehead atoms. The molecule has 2 nitrogen and oxygen atoms in total. The van der Waals surface area contributed by atoms with E-state index in [1.807, 2.05) is 12.1 Å². The van der Waals surface area contributed by atoms with E-state index in [4.69, 9.17) is 11.6 Å². The second-order valence-electron chi connectivity index (χ2n) is 9.69. The number of hydrogen-bond donors (Lipinski definition) is 0. The zero-order chi connectivity index (χ0) is 23.8. The fraction of sp³-hybridized carbons (Fsp3) is 0.387. The molecular formula is C31H35ClN2. The van der Waals surface area contributed by atoms with Crippen LogP contribution in [0.4, 0.5) is 0 Å². The zero-order valence-electron chi connectivity index (χ0n) is 20.2. The molecule has 0 spiro atoms. The summed E-state index contributed by atoms with van der Waals surface area (Å²) in [6.07, 6.45) is 6.46. The van der Waals surface area contributed by atoms with Crippen LogP contribution in [0.25, 0.3) is 0 Å². The Hall–Kier alpha value is -2.60. The van der Waals surface area contributed by atoms with Crippen molar-refractivity contribution in [3.8, 4) is 6.07 Å². The third kappa shape index (κ3) is 5.72. The Morgan fingerprint density at radius 2 is 1.47 bits per heavy atom. The fourth-order valence-electron chi connectivity index (χ4n) is 5.43. The normalized spacial score (nSPS) is 16.4. The van der Waals surface area contributed by atoms with E-state index >= 15 is 0 Å². The van der Waals surface area contributed by atoms with Crippen LogP contribution in [0, 0.1) is 17.2 Å². The van der Waals surface area contributed by atoms with Crippen molar-refractivity contribution in [2.75, 3.05) is 0 Å². The quantitative estimate of drug-likeness (QED) is 0.282. The molecule has 4 rings (SSSR count). The van der Waals surface area contributed by atoms with Gasteiger partial charge in [0.25, 0.3) is 0 Å². The number of nitriles is 1. The van der Waals surface area contributed by atoms with Crippen molar-refractivity contribution in [2.45, 2.75) is 70.0 Å². The van der Waals surface area contributed by atoms with Gasteiger partial charge in [-0.25, -0.2) is 0 Å². The first-order valence-corrected chi connectivity index (χ1v) is 13.0. The predicted molar refractivity (Wildman–Crippen MR) is 142 cm³/mol. The van der Waals surface area contributed by atoms with Crippen LogP contribution in [0.3, 0.4) is 0 Å². The average Bonchev–Trinajstić information content (AvgIpc) is 2.84. The largest absolute Gasteiger partial charge is 0.292 e. The van der Waals surface area contributed by atoms with Gasteiger partial charge in [0.05, 0.1) is 11.5 Å². The van der Waals surface area contributed by atoms with Gasteiger partial charge in [0.1, 0.15) is 0 Å². The van der Waals surface area contributed by atoms with Crippen molar-refractivity contribution < 1.29 is 0 Å². The van der Waals surface area contributed by atoms with Crippen LogP contribution >= 0.6 is 11.6 Å².